The number of unbranched alkanes of at least 4 members (excludes halogenated alkanes) is 8. The van der Waals surface area contributed by atoms with Crippen molar-refractivity contribution in [2.45, 2.75) is 214 Å². The Hall–Kier alpha value is -0.770. The maximum Gasteiger partial charge on any atom is 0.306 e. The van der Waals surface area contributed by atoms with Gasteiger partial charge in [0.05, 0.1) is 54.4 Å². The van der Waals surface area contributed by atoms with Gasteiger partial charge in [-0.15, -0.1) is 0 Å². The van der Waals surface area contributed by atoms with E-state index in [1.165, 1.54) is 44.9 Å². The fourth-order valence-electron chi connectivity index (χ4n) is 7.67. The highest BCUT2D eigenvalue weighted by Gasteiger charge is 2.55. The summed E-state index contributed by atoms with van der Waals surface area (Å²) in [4.78, 5) is 12.5. The van der Waals surface area contributed by atoms with Crippen molar-refractivity contribution >= 4 is 5.97 Å². The predicted molar refractivity (Wildman–Crippen MR) is 205 cm³/mol. The zero-order valence-corrected chi connectivity index (χ0v) is 35.0. The highest BCUT2D eigenvalue weighted by Crippen LogP contribution is 2.48. The first-order chi connectivity index (χ1) is 23.3. The fourth-order valence-corrected chi connectivity index (χ4v) is 7.67. The highest BCUT2D eigenvalue weighted by molar-refractivity contribution is 5.69. The summed E-state index contributed by atoms with van der Waals surface area (Å²) in [5.74, 6) is 0.0413. The lowest BCUT2D eigenvalue weighted by molar-refractivity contribution is -0.165. The van der Waals surface area contributed by atoms with Gasteiger partial charge in [0.2, 0.25) is 0 Å². The van der Waals surface area contributed by atoms with Crippen molar-refractivity contribution < 1.29 is 38.3 Å². The minimum absolute atomic E-state index is 0.00297. The number of hydrogen-bond donors (Lipinski definition) is 1. The number of rotatable bonds is 29. The van der Waals surface area contributed by atoms with Gasteiger partial charge in [0.25, 0.3) is 0 Å². The summed E-state index contributed by atoms with van der Waals surface area (Å²) in [6.45, 7) is 29.7. The molecule has 0 bridgehead atoms. The van der Waals surface area contributed by atoms with Gasteiger partial charge >= 0.3 is 5.97 Å². The topological polar surface area (TPSA) is 92.7 Å². The molecule has 0 aromatic heterocycles. The van der Waals surface area contributed by atoms with Crippen molar-refractivity contribution in [3.05, 3.63) is 0 Å². The SMILES string of the molecule is CCCCCCCCCCCC(=O)OC(C)CCOC(C)(C)CC(C1OCC(C(C)OCC)C1C(C)(C)OCCC(C)(C)O)C(C)(C)OCC. The van der Waals surface area contributed by atoms with Crippen LogP contribution in [0.4, 0.5) is 0 Å². The Kier molecular flexibility index (Phi) is 21.8. The van der Waals surface area contributed by atoms with E-state index in [0.717, 1.165) is 12.8 Å². The molecule has 1 aliphatic rings. The molecular formula is C42H82O8. The molecule has 1 fully saturated rings. The minimum atomic E-state index is -0.802. The first-order valence-electron chi connectivity index (χ1n) is 20.4. The van der Waals surface area contributed by atoms with Gasteiger partial charge in [0, 0.05) is 43.8 Å². The van der Waals surface area contributed by atoms with Crippen LogP contribution in [0.1, 0.15) is 173 Å². The summed E-state index contributed by atoms with van der Waals surface area (Å²) < 4.78 is 38.3. The van der Waals surface area contributed by atoms with Gasteiger partial charge in [-0.25, -0.2) is 0 Å². The molecule has 0 aromatic carbocycles. The Morgan fingerprint density at radius 1 is 0.800 bits per heavy atom. The molecule has 6 atom stereocenters. The molecule has 8 heteroatoms. The number of carbonyl (C=O) groups excluding carboxylic acids is 1. The van der Waals surface area contributed by atoms with Crippen LogP contribution in [0.25, 0.3) is 0 Å². The quantitative estimate of drug-likeness (QED) is 0.0605. The van der Waals surface area contributed by atoms with E-state index in [9.17, 15) is 9.90 Å². The van der Waals surface area contributed by atoms with E-state index in [-0.39, 0.29) is 42.0 Å². The number of hydrogen-bond acceptors (Lipinski definition) is 8. The van der Waals surface area contributed by atoms with Gasteiger partial charge in [-0.1, -0.05) is 58.3 Å². The van der Waals surface area contributed by atoms with Crippen molar-refractivity contribution in [3.8, 4) is 0 Å². The Balaban J connectivity index is 2.90. The average molecular weight is 715 g/mol. The fraction of sp³-hybridized carbons (Fsp3) is 0.976. The minimum Gasteiger partial charge on any atom is -0.463 e. The highest BCUT2D eigenvalue weighted by atomic mass is 16.5. The molecule has 0 saturated carbocycles. The van der Waals surface area contributed by atoms with E-state index < -0.39 is 22.4 Å². The third kappa shape index (κ3) is 18.3. The van der Waals surface area contributed by atoms with Crippen molar-refractivity contribution in [2.75, 3.05) is 33.0 Å². The van der Waals surface area contributed by atoms with Crippen LogP contribution in [0.5, 0.6) is 0 Å². The second kappa shape index (κ2) is 23.1. The Morgan fingerprint density at radius 3 is 1.96 bits per heavy atom. The van der Waals surface area contributed by atoms with Crippen LogP contribution in [-0.2, 0) is 33.2 Å². The predicted octanol–water partition coefficient (Wildman–Crippen LogP) is 9.86. The summed E-state index contributed by atoms with van der Waals surface area (Å²) in [5.41, 5.74) is -2.32. The van der Waals surface area contributed by atoms with Crippen molar-refractivity contribution in [1.82, 2.24) is 0 Å². The Bertz CT molecular complexity index is 895. The van der Waals surface area contributed by atoms with Gasteiger partial charge in [-0.2, -0.15) is 0 Å². The molecule has 0 aliphatic carbocycles. The molecule has 1 N–H and O–H groups in total. The molecular weight excluding hydrogens is 632 g/mol. The van der Waals surface area contributed by atoms with Crippen LogP contribution >= 0.6 is 0 Å². The average Bonchev–Trinajstić information content (AvgIpc) is 3.44. The van der Waals surface area contributed by atoms with Crippen LogP contribution in [-0.4, -0.2) is 84.8 Å². The largest absolute Gasteiger partial charge is 0.463 e. The lowest BCUT2D eigenvalue weighted by Crippen LogP contribution is -2.54. The lowest BCUT2D eigenvalue weighted by atomic mass is 9.67. The molecule has 298 valence electrons. The van der Waals surface area contributed by atoms with Crippen molar-refractivity contribution in [3.63, 3.8) is 0 Å². The molecule has 0 amide bonds. The summed E-state index contributed by atoms with van der Waals surface area (Å²) in [6.07, 6.45) is 13.1. The summed E-state index contributed by atoms with van der Waals surface area (Å²) in [7, 11) is 0. The standard InChI is InChI=1S/C42H82O8/c1-14-17-18-19-20-21-22-23-24-25-36(43)50-32(4)26-28-48-40(8,9)30-35(41(10,11)47-16-3)38-37(34(31-46-38)33(5)45-15-2)42(12,13)49-29-27-39(6,7)44/h32-35,37-38,44H,14-31H2,1-13H3. The van der Waals surface area contributed by atoms with E-state index in [0.29, 0.717) is 58.7 Å². The van der Waals surface area contributed by atoms with Crippen molar-refractivity contribution in [1.29, 1.82) is 0 Å². The maximum atomic E-state index is 12.5. The molecule has 50 heavy (non-hydrogen) atoms. The maximum absolute atomic E-state index is 12.5. The third-order valence-electron chi connectivity index (χ3n) is 10.7. The first-order valence-corrected chi connectivity index (χ1v) is 20.4. The van der Waals surface area contributed by atoms with Crippen LogP contribution in [0.2, 0.25) is 0 Å². The normalized spacial score (nSPS) is 21.0. The third-order valence-corrected chi connectivity index (χ3v) is 10.7. The summed E-state index contributed by atoms with van der Waals surface area (Å²) in [5, 5.41) is 10.4. The smallest absolute Gasteiger partial charge is 0.306 e. The van der Waals surface area contributed by atoms with Crippen LogP contribution < -0.4 is 0 Å². The number of ether oxygens (including phenoxy) is 6. The monoisotopic (exact) mass is 715 g/mol. The van der Waals surface area contributed by atoms with Crippen molar-refractivity contribution in [2.24, 2.45) is 17.8 Å². The Labute approximate surface area is 308 Å². The molecule has 6 unspecified atom stereocenters. The molecule has 8 nitrogen and oxygen atoms in total. The molecule has 1 saturated heterocycles. The second-order valence-electron chi connectivity index (χ2n) is 17.3. The lowest BCUT2D eigenvalue weighted by Gasteiger charge is -2.47. The van der Waals surface area contributed by atoms with E-state index in [2.05, 4.69) is 55.4 Å². The molecule has 1 rings (SSSR count). The summed E-state index contributed by atoms with van der Waals surface area (Å²) in [6, 6.07) is 0. The van der Waals surface area contributed by atoms with E-state index in [1.54, 1.807) is 0 Å². The number of aliphatic hydroxyl groups is 1. The first kappa shape index (κ1) is 47.3. The van der Waals surface area contributed by atoms with Gasteiger partial charge in [0.15, 0.2) is 0 Å². The van der Waals surface area contributed by atoms with Gasteiger partial charge < -0.3 is 33.5 Å². The van der Waals surface area contributed by atoms with Crippen LogP contribution in [0, 0.1) is 17.8 Å². The zero-order valence-electron chi connectivity index (χ0n) is 35.0. The number of esters is 1. The van der Waals surface area contributed by atoms with Gasteiger partial charge in [-0.3, -0.25) is 4.79 Å². The molecule has 0 aromatic rings. The van der Waals surface area contributed by atoms with Crippen LogP contribution in [0.15, 0.2) is 0 Å². The molecule has 1 aliphatic heterocycles. The van der Waals surface area contributed by atoms with E-state index in [1.807, 2.05) is 34.6 Å². The van der Waals surface area contributed by atoms with E-state index >= 15 is 0 Å². The number of carbonyl (C=O) groups is 1. The Morgan fingerprint density at radius 2 is 1.40 bits per heavy atom. The molecule has 1 heterocycles. The summed E-state index contributed by atoms with van der Waals surface area (Å²) >= 11 is 0. The van der Waals surface area contributed by atoms with E-state index in [4.69, 9.17) is 28.4 Å². The van der Waals surface area contributed by atoms with Gasteiger partial charge in [0.1, 0.15) is 6.10 Å². The zero-order chi connectivity index (χ0) is 38.0. The van der Waals surface area contributed by atoms with Gasteiger partial charge in [-0.05, 0) is 102 Å². The van der Waals surface area contributed by atoms with Crippen LogP contribution in [0.3, 0.4) is 0 Å². The molecule has 0 radical (unpaired) electrons. The molecule has 0 spiro atoms. The second-order valence-corrected chi connectivity index (χ2v) is 17.3.